The zero-order valence-electron chi connectivity index (χ0n) is 10.2. The number of rotatable bonds is 6. The first kappa shape index (κ1) is 13.1. The van der Waals surface area contributed by atoms with Crippen molar-refractivity contribution in [1.29, 1.82) is 0 Å². The lowest BCUT2D eigenvalue weighted by Crippen LogP contribution is -2.33. The summed E-state index contributed by atoms with van der Waals surface area (Å²) in [5.74, 6) is -0.184. The molecule has 90 valence electrons. The van der Waals surface area contributed by atoms with Gasteiger partial charge in [0.05, 0.1) is 6.61 Å². The van der Waals surface area contributed by atoms with Crippen molar-refractivity contribution in [2.24, 2.45) is 0 Å². The van der Waals surface area contributed by atoms with Gasteiger partial charge in [-0.25, -0.2) is 4.39 Å². The molecule has 0 radical (unpaired) electrons. The lowest BCUT2D eigenvalue weighted by molar-refractivity contribution is 0.125. The molecule has 0 aliphatic carbocycles. The Morgan fingerprint density at radius 1 is 1.25 bits per heavy atom. The second-order valence-corrected chi connectivity index (χ2v) is 4.18. The SMILES string of the molecule is COCCN(Cc1ccc(F)cc1)C(C)C. The highest BCUT2D eigenvalue weighted by Gasteiger charge is 2.09. The minimum Gasteiger partial charge on any atom is -0.383 e. The van der Waals surface area contributed by atoms with Crippen LogP contribution in [0.1, 0.15) is 19.4 Å². The molecule has 0 saturated carbocycles. The Hall–Kier alpha value is -0.930. The molecule has 1 aromatic carbocycles. The van der Waals surface area contributed by atoms with E-state index < -0.39 is 0 Å². The summed E-state index contributed by atoms with van der Waals surface area (Å²) in [7, 11) is 1.70. The van der Waals surface area contributed by atoms with Crippen LogP contribution in [0.4, 0.5) is 4.39 Å². The molecule has 2 nitrogen and oxygen atoms in total. The maximum Gasteiger partial charge on any atom is 0.123 e. The summed E-state index contributed by atoms with van der Waals surface area (Å²) in [6.07, 6.45) is 0. The van der Waals surface area contributed by atoms with Crippen molar-refractivity contribution in [1.82, 2.24) is 4.90 Å². The van der Waals surface area contributed by atoms with Crippen molar-refractivity contribution in [3.63, 3.8) is 0 Å². The van der Waals surface area contributed by atoms with Crippen LogP contribution in [0.15, 0.2) is 24.3 Å². The Morgan fingerprint density at radius 3 is 2.38 bits per heavy atom. The van der Waals surface area contributed by atoms with E-state index in [9.17, 15) is 4.39 Å². The third kappa shape index (κ3) is 4.29. The number of ether oxygens (including phenoxy) is 1. The molecule has 0 bridgehead atoms. The van der Waals surface area contributed by atoms with E-state index in [-0.39, 0.29) is 5.82 Å². The number of hydrogen-bond acceptors (Lipinski definition) is 2. The van der Waals surface area contributed by atoms with E-state index in [0.717, 1.165) is 25.3 Å². The maximum atomic E-state index is 12.8. The molecular weight excluding hydrogens is 205 g/mol. The largest absolute Gasteiger partial charge is 0.383 e. The van der Waals surface area contributed by atoms with Crippen molar-refractivity contribution in [2.45, 2.75) is 26.4 Å². The highest BCUT2D eigenvalue weighted by molar-refractivity contribution is 5.15. The van der Waals surface area contributed by atoms with Crippen LogP contribution in [0, 0.1) is 5.82 Å². The molecule has 0 N–H and O–H groups in total. The van der Waals surface area contributed by atoms with Gasteiger partial charge in [-0.3, -0.25) is 4.90 Å². The quantitative estimate of drug-likeness (QED) is 0.738. The molecule has 0 amide bonds. The van der Waals surface area contributed by atoms with Crippen LogP contribution in [0.5, 0.6) is 0 Å². The highest BCUT2D eigenvalue weighted by Crippen LogP contribution is 2.09. The number of methoxy groups -OCH3 is 1. The van der Waals surface area contributed by atoms with Crippen LogP contribution in [-0.4, -0.2) is 31.2 Å². The normalized spacial score (nSPS) is 11.4. The molecule has 3 heteroatoms. The average Bonchev–Trinajstić information content (AvgIpc) is 2.26. The van der Waals surface area contributed by atoms with Crippen molar-refractivity contribution >= 4 is 0 Å². The third-order valence-corrected chi connectivity index (χ3v) is 2.61. The summed E-state index contributed by atoms with van der Waals surface area (Å²) < 4.78 is 17.8. The van der Waals surface area contributed by atoms with E-state index in [1.165, 1.54) is 12.1 Å². The van der Waals surface area contributed by atoms with Crippen molar-refractivity contribution in [3.8, 4) is 0 Å². The van der Waals surface area contributed by atoms with Crippen molar-refractivity contribution < 1.29 is 9.13 Å². The lowest BCUT2D eigenvalue weighted by atomic mass is 10.2. The van der Waals surface area contributed by atoms with E-state index in [1.54, 1.807) is 7.11 Å². The predicted octanol–water partition coefficient (Wildman–Crippen LogP) is 2.68. The topological polar surface area (TPSA) is 12.5 Å². The van der Waals surface area contributed by atoms with Crippen LogP contribution < -0.4 is 0 Å². The molecule has 0 unspecified atom stereocenters. The summed E-state index contributed by atoms with van der Waals surface area (Å²) in [5.41, 5.74) is 1.13. The molecule has 0 aromatic heterocycles. The molecule has 0 aliphatic heterocycles. The molecule has 16 heavy (non-hydrogen) atoms. The van der Waals surface area contributed by atoms with Crippen molar-refractivity contribution in [3.05, 3.63) is 35.6 Å². The average molecular weight is 225 g/mol. The molecule has 1 aromatic rings. The van der Waals surface area contributed by atoms with Crippen LogP contribution in [-0.2, 0) is 11.3 Å². The van der Waals surface area contributed by atoms with Crippen LogP contribution >= 0.6 is 0 Å². The van der Waals surface area contributed by atoms with Crippen LogP contribution in [0.25, 0.3) is 0 Å². The van der Waals surface area contributed by atoms with Gasteiger partial charge >= 0.3 is 0 Å². The van der Waals surface area contributed by atoms with E-state index in [0.29, 0.717) is 6.04 Å². The first-order valence-corrected chi connectivity index (χ1v) is 5.61. The minimum atomic E-state index is -0.184. The number of nitrogens with zero attached hydrogens (tertiary/aromatic N) is 1. The van der Waals surface area contributed by atoms with E-state index in [4.69, 9.17) is 4.74 Å². The summed E-state index contributed by atoms with van der Waals surface area (Å²) in [6, 6.07) is 7.13. The van der Waals surface area contributed by atoms with E-state index >= 15 is 0 Å². The number of hydrogen-bond donors (Lipinski definition) is 0. The first-order chi connectivity index (χ1) is 7.63. The summed E-state index contributed by atoms with van der Waals surface area (Å²) >= 11 is 0. The molecule has 1 rings (SSSR count). The lowest BCUT2D eigenvalue weighted by Gasteiger charge is -2.26. The third-order valence-electron chi connectivity index (χ3n) is 2.61. The summed E-state index contributed by atoms with van der Waals surface area (Å²) in [6.45, 7) is 6.75. The van der Waals surface area contributed by atoms with Gasteiger partial charge in [-0.2, -0.15) is 0 Å². The Labute approximate surface area is 97.0 Å². The van der Waals surface area contributed by atoms with E-state index in [1.807, 2.05) is 12.1 Å². The van der Waals surface area contributed by atoms with Gasteiger partial charge in [-0.15, -0.1) is 0 Å². The second-order valence-electron chi connectivity index (χ2n) is 4.18. The van der Waals surface area contributed by atoms with Gasteiger partial charge in [0.25, 0.3) is 0 Å². The predicted molar refractivity (Wildman–Crippen MR) is 63.8 cm³/mol. The van der Waals surface area contributed by atoms with Crippen molar-refractivity contribution in [2.75, 3.05) is 20.3 Å². The molecule has 0 saturated heterocycles. The Morgan fingerprint density at radius 2 is 1.88 bits per heavy atom. The number of halogens is 1. The fourth-order valence-corrected chi connectivity index (χ4v) is 1.55. The minimum absolute atomic E-state index is 0.184. The van der Waals surface area contributed by atoms with Gasteiger partial charge in [0.15, 0.2) is 0 Å². The monoisotopic (exact) mass is 225 g/mol. The molecule has 0 spiro atoms. The van der Waals surface area contributed by atoms with Gasteiger partial charge in [0, 0.05) is 26.2 Å². The van der Waals surface area contributed by atoms with Crippen LogP contribution in [0.2, 0.25) is 0 Å². The molecule has 0 heterocycles. The fourth-order valence-electron chi connectivity index (χ4n) is 1.55. The highest BCUT2D eigenvalue weighted by atomic mass is 19.1. The zero-order chi connectivity index (χ0) is 12.0. The molecule has 0 aliphatic rings. The standard InChI is InChI=1S/C13H20FNO/c1-11(2)15(8-9-16-3)10-12-4-6-13(14)7-5-12/h4-7,11H,8-10H2,1-3H3. The zero-order valence-corrected chi connectivity index (χ0v) is 10.2. The molecular formula is C13H20FNO. The van der Waals surface area contributed by atoms with Gasteiger partial charge in [-0.05, 0) is 31.5 Å². The Balaban J connectivity index is 2.57. The smallest absolute Gasteiger partial charge is 0.123 e. The first-order valence-electron chi connectivity index (χ1n) is 5.61. The fraction of sp³-hybridized carbons (Fsp3) is 0.538. The van der Waals surface area contributed by atoms with Gasteiger partial charge in [0.2, 0.25) is 0 Å². The Bertz CT molecular complexity index is 297. The second kappa shape index (κ2) is 6.61. The Kier molecular flexibility index (Phi) is 5.43. The number of benzene rings is 1. The van der Waals surface area contributed by atoms with Gasteiger partial charge < -0.3 is 4.74 Å². The summed E-state index contributed by atoms with van der Waals surface area (Å²) in [5, 5.41) is 0. The molecule has 0 atom stereocenters. The van der Waals surface area contributed by atoms with Gasteiger partial charge in [0.1, 0.15) is 5.82 Å². The van der Waals surface area contributed by atoms with Gasteiger partial charge in [-0.1, -0.05) is 12.1 Å². The molecule has 0 fully saturated rings. The van der Waals surface area contributed by atoms with Crippen LogP contribution in [0.3, 0.4) is 0 Å². The van der Waals surface area contributed by atoms with E-state index in [2.05, 4.69) is 18.7 Å². The summed E-state index contributed by atoms with van der Waals surface area (Å²) in [4.78, 5) is 2.30. The maximum absolute atomic E-state index is 12.8.